The van der Waals surface area contributed by atoms with E-state index in [1.54, 1.807) is 18.2 Å². The molecule has 4 aromatic rings. The van der Waals surface area contributed by atoms with Crippen LogP contribution in [-0.4, -0.2) is 53.8 Å². The zero-order valence-corrected chi connectivity index (χ0v) is 18.1. The Morgan fingerprint density at radius 2 is 1.94 bits per heavy atom. The first-order valence-corrected chi connectivity index (χ1v) is 11.8. The van der Waals surface area contributed by atoms with Crippen molar-refractivity contribution >= 4 is 38.1 Å². The monoisotopic (exact) mass is 476 g/mol. The van der Waals surface area contributed by atoms with Gasteiger partial charge in [-0.05, 0) is 40.4 Å². The van der Waals surface area contributed by atoms with E-state index in [2.05, 4.69) is 30.6 Å². The lowest BCUT2D eigenvalue weighted by atomic mass is 9.94. The molecular weight excluding hydrogens is 458 g/mol. The van der Waals surface area contributed by atoms with Gasteiger partial charge in [0.05, 0.1) is 26.7 Å². The summed E-state index contributed by atoms with van der Waals surface area (Å²) >= 11 is -2.75. The first kappa shape index (κ1) is 22.0. The predicted octanol–water partition coefficient (Wildman–Crippen LogP) is -0.0930. The van der Waals surface area contributed by atoms with E-state index in [-0.39, 0.29) is 22.9 Å². The molecule has 2 heterocycles. The molecule has 15 heteroatoms. The highest BCUT2D eigenvalue weighted by Gasteiger charge is 2.32. The molecule has 0 aliphatic carbocycles. The number of sulfonamides is 1. The lowest BCUT2D eigenvalue weighted by molar-refractivity contribution is 0.509. The van der Waals surface area contributed by atoms with Gasteiger partial charge < -0.3 is 21.0 Å². The Bertz CT molecular complexity index is 1430. The minimum absolute atomic E-state index is 0.0380. The molecule has 0 radical (unpaired) electrons. The van der Waals surface area contributed by atoms with E-state index in [1.807, 2.05) is 0 Å². The van der Waals surface area contributed by atoms with Crippen molar-refractivity contribution in [2.24, 2.45) is 10.9 Å². The standard InChI is InChI=1S/C17H19N9O4S2/c1-7(18)14(31(27)28)10-6-5-8(9-3-2-4-11-13(9)22-17(19)21-11)12(15(10)32(20,29)30)16-23-25-26-24-16/h2-7,14H,18H2,1H3,(H,27,28)(H3,19,21,22)(H2,20,29,30)(H,23,24,25,26)/p-1/t7-,14?/m1/s1. The number of anilines is 1. The summed E-state index contributed by atoms with van der Waals surface area (Å²) in [5, 5.41) is 17.8. The minimum Gasteiger partial charge on any atom is -0.772 e. The molecule has 2 aromatic heterocycles. The Labute approximate surface area is 184 Å². The average molecular weight is 477 g/mol. The van der Waals surface area contributed by atoms with E-state index >= 15 is 0 Å². The molecule has 0 spiro atoms. The Hall–Kier alpha value is -3.24. The number of nitrogens with two attached hydrogens (primary N) is 3. The van der Waals surface area contributed by atoms with Gasteiger partial charge >= 0.3 is 0 Å². The van der Waals surface area contributed by atoms with Gasteiger partial charge in [0.25, 0.3) is 0 Å². The number of hydrogen-bond donors (Lipinski definition) is 5. The van der Waals surface area contributed by atoms with Crippen molar-refractivity contribution in [2.45, 2.75) is 23.1 Å². The molecule has 2 aromatic carbocycles. The number of H-pyrrole nitrogens is 2. The Kier molecular flexibility index (Phi) is 5.51. The summed E-state index contributed by atoms with van der Waals surface area (Å²) in [6.45, 7) is 1.45. The zero-order chi connectivity index (χ0) is 23.2. The molecular formula is C17H18N9O4S2-. The molecule has 3 atom stereocenters. The van der Waals surface area contributed by atoms with Gasteiger partial charge in [0.15, 0.2) is 5.95 Å². The highest BCUT2D eigenvalue weighted by Crippen LogP contribution is 2.42. The number of fused-ring (bicyclic) bond motifs is 1. The van der Waals surface area contributed by atoms with Crippen LogP contribution in [0.25, 0.3) is 33.5 Å². The van der Waals surface area contributed by atoms with Crippen molar-refractivity contribution < 1.29 is 17.2 Å². The van der Waals surface area contributed by atoms with E-state index in [9.17, 15) is 17.2 Å². The number of tetrazole rings is 1. The molecule has 32 heavy (non-hydrogen) atoms. The number of benzene rings is 2. The summed E-state index contributed by atoms with van der Waals surface area (Å²) < 4.78 is 49.5. The highest BCUT2D eigenvalue weighted by atomic mass is 32.2. The molecule has 168 valence electrons. The molecule has 2 unspecified atom stereocenters. The Morgan fingerprint density at radius 1 is 1.19 bits per heavy atom. The summed E-state index contributed by atoms with van der Waals surface area (Å²) in [5.41, 5.74) is 13.4. The number of hydrogen-bond acceptors (Lipinski definition) is 10. The first-order chi connectivity index (χ1) is 15.1. The summed E-state index contributed by atoms with van der Waals surface area (Å²) in [5.74, 6) is 0.0575. The van der Waals surface area contributed by atoms with E-state index < -0.39 is 37.3 Å². The van der Waals surface area contributed by atoms with Crippen molar-refractivity contribution in [2.75, 3.05) is 5.73 Å². The summed E-state index contributed by atoms with van der Waals surface area (Å²) in [7, 11) is -4.48. The van der Waals surface area contributed by atoms with E-state index in [0.717, 1.165) is 0 Å². The van der Waals surface area contributed by atoms with Crippen LogP contribution in [-0.2, 0) is 21.1 Å². The largest absolute Gasteiger partial charge is 0.772 e. The van der Waals surface area contributed by atoms with Crippen molar-refractivity contribution in [3.63, 3.8) is 0 Å². The van der Waals surface area contributed by atoms with Crippen LogP contribution >= 0.6 is 0 Å². The van der Waals surface area contributed by atoms with Gasteiger partial charge in [-0.2, -0.15) is 5.21 Å². The van der Waals surface area contributed by atoms with Crippen LogP contribution in [0.4, 0.5) is 5.95 Å². The van der Waals surface area contributed by atoms with Gasteiger partial charge in [0, 0.05) is 11.6 Å². The summed E-state index contributed by atoms with van der Waals surface area (Å²) in [4.78, 5) is 6.71. The number of nitrogens with one attached hydrogen (secondary N) is 2. The number of nitrogen functional groups attached to an aromatic ring is 1. The number of aromatic nitrogens is 6. The minimum atomic E-state index is -4.48. The van der Waals surface area contributed by atoms with Gasteiger partial charge in [-0.25, -0.2) is 18.5 Å². The molecule has 0 aliphatic heterocycles. The fourth-order valence-electron chi connectivity index (χ4n) is 3.67. The van der Waals surface area contributed by atoms with Crippen LogP contribution in [0, 0.1) is 0 Å². The van der Waals surface area contributed by atoms with Crippen molar-refractivity contribution in [3.05, 3.63) is 35.9 Å². The summed E-state index contributed by atoms with van der Waals surface area (Å²) in [6.07, 6.45) is 0. The quantitative estimate of drug-likeness (QED) is 0.232. The number of nitrogens with zero attached hydrogens (tertiary/aromatic N) is 4. The van der Waals surface area contributed by atoms with E-state index in [0.29, 0.717) is 22.2 Å². The summed E-state index contributed by atoms with van der Waals surface area (Å²) in [6, 6.07) is 7.12. The van der Waals surface area contributed by atoms with Crippen LogP contribution in [0.5, 0.6) is 0 Å². The van der Waals surface area contributed by atoms with E-state index in [4.69, 9.17) is 16.6 Å². The molecule has 0 fully saturated rings. The van der Waals surface area contributed by atoms with Crippen molar-refractivity contribution in [3.8, 4) is 22.5 Å². The third-order valence-corrected chi connectivity index (χ3v) is 6.96. The molecule has 0 amide bonds. The highest BCUT2D eigenvalue weighted by molar-refractivity contribution is 7.89. The Morgan fingerprint density at radius 3 is 2.53 bits per heavy atom. The van der Waals surface area contributed by atoms with Crippen LogP contribution in [0.1, 0.15) is 17.7 Å². The lowest BCUT2D eigenvalue weighted by Gasteiger charge is -2.27. The number of rotatable bonds is 6. The Balaban J connectivity index is 2.17. The lowest BCUT2D eigenvalue weighted by Crippen LogP contribution is -2.30. The van der Waals surface area contributed by atoms with E-state index in [1.165, 1.54) is 19.1 Å². The van der Waals surface area contributed by atoms with Crippen LogP contribution in [0.2, 0.25) is 0 Å². The fourth-order valence-corrected chi connectivity index (χ4v) is 5.51. The average Bonchev–Trinajstić information content (AvgIpc) is 3.34. The maximum Gasteiger partial charge on any atom is 0.239 e. The third-order valence-electron chi connectivity index (χ3n) is 4.85. The molecule has 8 N–H and O–H groups in total. The van der Waals surface area contributed by atoms with Gasteiger partial charge in [0.2, 0.25) is 15.8 Å². The first-order valence-electron chi connectivity index (χ1n) is 9.11. The maximum absolute atomic E-state index is 12.8. The third kappa shape index (κ3) is 3.76. The van der Waals surface area contributed by atoms with Crippen molar-refractivity contribution in [1.82, 2.24) is 30.6 Å². The second kappa shape index (κ2) is 8.03. The molecule has 0 saturated carbocycles. The molecule has 0 saturated heterocycles. The predicted molar refractivity (Wildman–Crippen MR) is 116 cm³/mol. The fraction of sp³-hybridized carbons (Fsp3) is 0.176. The van der Waals surface area contributed by atoms with Crippen LogP contribution in [0.3, 0.4) is 0 Å². The molecule has 13 nitrogen and oxygen atoms in total. The van der Waals surface area contributed by atoms with Gasteiger partial charge in [0.1, 0.15) is 0 Å². The number of aromatic amines is 2. The van der Waals surface area contributed by atoms with Crippen LogP contribution in [0.15, 0.2) is 35.2 Å². The van der Waals surface area contributed by atoms with Crippen LogP contribution < -0.4 is 16.6 Å². The molecule has 0 aliphatic rings. The smallest absolute Gasteiger partial charge is 0.239 e. The SMILES string of the molecule is C[C@@H](N)C(c1ccc(-c2cccc3[nH]c(N)nc23)c(-c2nn[nH]n2)c1S(N)(=O)=O)S(=O)[O-]. The molecule has 4 rings (SSSR count). The van der Waals surface area contributed by atoms with Gasteiger partial charge in [-0.3, -0.25) is 4.21 Å². The molecule has 0 bridgehead atoms. The van der Waals surface area contributed by atoms with Gasteiger partial charge in [-0.1, -0.05) is 24.3 Å². The second-order valence-corrected chi connectivity index (χ2v) is 9.58. The zero-order valence-electron chi connectivity index (χ0n) is 16.5. The maximum atomic E-state index is 12.8. The van der Waals surface area contributed by atoms with Crippen molar-refractivity contribution in [1.29, 1.82) is 0 Å². The van der Waals surface area contributed by atoms with Gasteiger partial charge in [-0.15, -0.1) is 10.2 Å². The topological polar surface area (TPSA) is 235 Å². The number of imidazole rings is 1. The second-order valence-electron chi connectivity index (χ2n) is 7.05. The normalized spacial score (nSPS) is 15.0. The number of para-hydroxylation sites is 1. The number of primary sulfonamides is 1.